The van der Waals surface area contributed by atoms with Gasteiger partial charge in [0.2, 0.25) is 41.4 Å². The highest BCUT2D eigenvalue weighted by Crippen LogP contribution is 2.37. The number of carbonyl (C=O) groups is 10. The van der Waals surface area contributed by atoms with Crippen molar-refractivity contribution >= 4 is 59.3 Å². The largest absolute Gasteiger partial charge is 0.444 e. The van der Waals surface area contributed by atoms with Crippen molar-refractivity contribution in [1.82, 2.24) is 46.6 Å². The zero-order valence-corrected chi connectivity index (χ0v) is 53.6. The number of nitrogens with two attached hydrogens (primary N) is 1. The molecule has 0 spiro atoms. The van der Waals surface area contributed by atoms with Gasteiger partial charge in [0.1, 0.15) is 35.4 Å². The van der Waals surface area contributed by atoms with Gasteiger partial charge in [-0.1, -0.05) is 69.3 Å². The van der Waals surface area contributed by atoms with Gasteiger partial charge in [0.05, 0.1) is 18.1 Å². The van der Waals surface area contributed by atoms with Gasteiger partial charge in [0, 0.05) is 63.9 Å². The molecule has 6 rings (SSSR count). The van der Waals surface area contributed by atoms with Crippen LogP contribution in [0.25, 0.3) is 0 Å². The first-order valence-electron chi connectivity index (χ1n) is 31.2. The van der Waals surface area contributed by atoms with Crippen LogP contribution in [0, 0.1) is 17.3 Å². The van der Waals surface area contributed by atoms with Crippen molar-refractivity contribution in [3.05, 3.63) is 70.8 Å². The van der Waals surface area contributed by atoms with Gasteiger partial charge in [0.25, 0.3) is 0 Å². The molecule has 1 unspecified atom stereocenters. The number of likely N-dealkylation sites (N-methyl/N-ethyl adjacent to an activating group) is 2. The fourth-order valence-electron chi connectivity index (χ4n) is 12.0. The number of hydrogen-bond donors (Lipinski definition) is 7. The van der Waals surface area contributed by atoms with E-state index in [0.717, 1.165) is 58.6 Å². The number of amides is 9. The fourth-order valence-corrected chi connectivity index (χ4v) is 12.0. The van der Waals surface area contributed by atoms with E-state index in [-0.39, 0.29) is 94.1 Å². The van der Waals surface area contributed by atoms with E-state index >= 15 is 0 Å². The second-order valence-corrected chi connectivity index (χ2v) is 27.4. The van der Waals surface area contributed by atoms with Crippen molar-refractivity contribution in [2.45, 2.75) is 232 Å². The van der Waals surface area contributed by atoms with Crippen molar-refractivity contribution in [1.29, 1.82) is 0 Å². The SMILES string of the molecule is C[C@@H](C(=O)N[C@@H](CCCNC(=O)CCCC(=O)N[C@H]1C[C@@H](C(=O)N[C@@H]2CCCc3ccccc32)N(C(=O)[C@@H](NC(=O)[C@H](C)N(C)C(=O)OC(C)(C)C)C(C)(C)C)C1)C(=O)C1C[C@@H](N)C[C@H]1C(=O)N[C@@H]1CCCc2ccccc21)N(C)C(=O)OC(C)(C)C. The summed E-state index contributed by atoms with van der Waals surface area (Å²) in [6.45, 7) is 18.8. The number of likely N-dealkylation sites (tertiary alicyclic amines) is 1. The Morgan fingerprint density at radius 2 is 1.13 bits per heavy atom. The second-order valence-electron chi connectivity index (χ2n) is 27.4. The third-order valence-corrected chi connectivity index (χ3v) is 17.1. The molecule has 11 atom stereocenters. The normalized spacial score (nSPS) is 22.3. The lowest BCUT2D eigenvalue weighted by Crippen LogP contribution is -2.60. The summed E-state index contributed by atoms with van der Waals surface area (Å²) in [4.78, 5) is 142. The molecule has 9 amide bonds. The van der Waals surface area contributed by atoms with Crippen molar-refractivity contribution in [3.63, 3.8) is 0 Å². The lowest BCUT2D eigenvalue weighted by Gasteiger charge is -2.37. The van der Waals surface area contributed by atoms with Crippen LogP contribution < -0.4 is 37.6 Å². The Morgan fingerprint density at radius 3 is 1.66 bits per heavy atom. The van der Waals surface area contributed by atoms with Gasteiger partial charge in [-0.2, -0.15) is 0 Å². The standard InChI is InChI=1S/C65H98N10O12/c1-38(73(12)61(84)86-64(6,7)8)56(79)71-50(54(78)46-34-42(66)35-47(46)58(81)69-48-28-18-24-40-22-14-16-26-44(40)48)30-21-33-67-52(76)31-20-32-53(77)68-43-36-51(59(82)70-49-29-19-25-41-23-15-17-27-45(41)49)75(37-43)60(83)55(63(3,4)5)72-57(80)39(2)74(13)62(85)87-65(9,10)11/h14-17,22-23,26-27,38-39,42-43,46-51,55H,18-21,24-25,28-37,66H2,1-13H3,(H,67,76)(H,68,77)(H,69,81)(H,70,82)(H,71,79)(H,72,80)/t38-,39-,42+,43-,46?,47+,48+,49+,50-,51-,55+/m0/s1. The Labute approximate surface area is 514 Å². The van der Waals surface area contributed by atoms with Gasteiger partial charge >= 0.3 is 12.2 Å². The number of nitrogens with one attached hydrogen (secondary N) is 6. The van der Waals surface area contributed by atoms with E-state index in [1.165, 1.54) is 38.4 Å². The van der Waals surface area contributed by atoms with E-state index in [1.807, 2.05) is 42.5 Å². The summed E-state index contributed by atoms with van der Waals surface area (Å²) >= 11 is 0. The van der Waals surface area contributed by atoms with Crippen LogP contribution in [0.1, 0.15) is 188 Å². The van der Waals surface area contributed by atoms with Crippen molar-refractivity contribution in [2.24, 2.45) is 23.0 Å². The summed E-state index contributed by atoms with van der Waals surface area (Å²) in [5.74, 6) is -5.08. The average Bonchev–Trinajstić information content (AvgIpc) is 1.90. The number of ketones is 1. The topological polar surface area (TPSA) is 297 Å². The van der Waals surface area contributed by atoms with Crippen LogP contribution in [0.4, 0.5) is 9.59 Å². The molecule has 0 radical (unpaired) electrons. The Balaban J connectivity index is 1.07. The highest BCUT2D eigenvalue weighted by molar-refractivity contribution is 5.97. The quantitative estimate of drug-likeness (QED) is 0.0669. The summed E-state index contributed by atoms with van der Waals surface area (Å²) < 4.78 is 11.0. The number of nitrogens with zero attached hydrogens (tertiary/aromatic N) is 3. The van der Waals surface area contributed by atoms with Gasteiger partial charge in [-0.05, 0) is 160 Å². The number of Topliss-reactive ketones (excluding diaryl/α,β-unsaturated/α-hetero) is 1. The molecule has 2 aromatic carbocycles. The third-order valence-electron chi connectivity index (χ3n) is 17.1. The van der Waals surface area contributed by atoms with Gasteiger partial charge in [-0.15, -0.1) is 0 Å². The molecular formula is C65H98N10O12. The lowest BCUT2D eigenvalue weighted by molar-refractivity contribution is -0.144. The Hall–Kier alpha value is -7.10. The van der Waals surface area contributed by atoms with Crippen molar-refractivity contribution < 1.29 is 57.4 Å². The first kappa shape index (κ1) is 69.0. The first-order chi connectivity index (χ1) is 40.7. The zero-order chi connectivity index (χ0) is 64.3. The molecule has 22 heteroatoms. The van der Waals surface area contributed by atoms with Gasteiger partial charge in [0.15, 0.2) is 5.78 Å². The maximum atomic E-state index is 14.9. The summed E-state index contributed by atoms with van der Waals surface area (Å²) in [5, 5.41) is 18.0. The van der Waals surface area contributed by atoms with Crippen LogP contribution in [0.3, 0.4) is 0 Å². The van der Waals surface area contributed by atoms with Crippen LogP contribution in [0.5, 0.6) is 0 Å². The van der Waals surface area contributed by atoms with Gasteiger partial charge < -0.3 is 52.0 Å². The number of hydrogen-bond acceptors (Lipinski definition) is 13. The third kappa shape index (κ3) is 19.2. The highest BCUT2D eigenvalue weighted by atomic mass is 16.6. The summed E-state index contributed by atoms with van der Waals surface area (Å²) in [5.41, 5.74) is 8.33. The number of benzene rings is 2. The molecule has 0 aromatic heterocycles. The average molecular weight is 1210 g/mol. The lowest BCUT2D eigenvalue weighted by atomic mass is 9.84. The molecule has 2 fully saturated rings. The van der Waals surface area contributed by atoms with Crippen LogP contribution in [0.15, 0.2) is 48.5 Å². The molecular weight excluding hydrogens is 1110 g/mol. The second kappa shape index (κ2) is 29.7. The molecule has 87 heavy (non-hydrogen) atoms. The predicted octanol–water partition coefficient (Wildman–Crippen LogP) is 5.98. The molecule has 2 aromatic rings. The van der Waals surface area contributed by atoms with Crippen molar-refractivity contribution in [3.8, 4) is 0 Å². The molecule has 1 heterocycles. The van der Waals surface area contributed by atoms with E-state index in [9.17, 15) is 47.9 Å². The fraction of sp³-hybridized carbons (Fsp3) is 0.662. The summed E-state index contributed by atoms with van der Waals surface area (Å²) in [6.07, 6.45) is 4.57. The molecule has 0 bridgehead atoms. The minimum atomic E-state index is -1.15. The first-order valence-corrected chi connectivity index (χ1v) is 31.2. The molecule has 4 aliphatic rings. The number of fused-ring (bicyclic) bond motifs is 2. The molecule has 1 saturated heterocycles. The Bertz CT molecular complexity index is 2820. The number of carbonyl (C=O) groups excluding carboxylic acids is 10. The molecule has 8 N–H and O–H groups in total. The van der Waals surface area contributed by atoms with E-state index in [4.69, 9.17) is 15.2 Å². The maximum absolute atomic E-state index is 14.9. The van der Waals surface area contributed by atoms with Crippen LogP contribution in [-0.2, 0) is 60.7 Å². The molecule has 3 aliphatic carbocycles. The minimum Gasteiger partial charge on any atom is -0.444 e. The van der Waals surface area contributed by atoms with Gasteiger partial charge in [-0.25, -0.2) is 9.59 Å². The predicted molar refractivity (Wildman–Crippen MR) is 328 cm³/mol. The summed E-state index contributed by atoms with van der Waals surface area (Å²) in [7, 11) is 2.87. The van der Waals surface area contributed by atoms with Gasteiger partial charge in [-0.3, -0.25) is 48.2 Å². The molecule has 1 saturated carbocycles. The Kier molecular flexibility index (Phi) is 23.6. The number of aryl methyl sites for hydroxylation is 2. The van der Waals surface area contributed by atoms with E-state index < -0.39 is 112 Å². The van der Waals surface area contributed by atoms with E-state index in [2.05, 4.69) is 38.0 Å². The maximum Gasteiger partial charge on any atom is 0.410 e. The van der Waals surface area contributed by atoms with E-state index in [0.29, 0.717) is 6.42 Å². The number of ether oxygens (including phenoxy) is 2. The Morgan fingerprint density at radius 1 is 0.632 bits per heavy atom. The van der Waals surface area contributed by atoms with Crippen LogP contribution in [-0.4, -0.2) is 155 Å². The smallest absolute Gasteiger partial charge is 0.410 e. The minimum absolute atomic E-state index is 0.0269. The molecule has 480 valence electrons. The van der Waals surface area contributed by atoms with Crippen LogP contribution >= 0.6 is 0 Å². The monoisotopic (exact) mass is 1210 g/mol. The number of rotatable bonds is 22. The van der Waals surface area contributed by atoms with E-state index in [1.54, 1.807) is 62.3 Å². The molecule has 1 aliphatic heterocycles. The van der Waals surface area contributed by atoms with Crippen LogP contribution in [0.2, 0.25) is 0 Å². The zero-order valence-electron chi connectivity index (χ0n) is 53.6. The molecule has 22 nitrogen and oxygen atoms in total. The van der Waals surface area contributed by atoms with Crippen molar-refractivity contribution in [2.75, 3.05) is 27.2 Å². The summed E-state index contributed by atoms with van der Waals surface area (Å²) in [6, 6.07) is 8.99. The highest BCUT2D eigenvalue weighted by Gasteiger charge is 2.48.